The van der Waals surface area contributed by atoms with Gasteiger partial charge in [0, 0.05) is 25.5 Å². The van der Waals surface area contributed by atoms with E-state index in [1.807, 2.05) is 36.0 Å². The first kappa shape index (κ1) is 16.8. The van der Waals surface area contributed by atoms with E-state index in [1.54, 1.807) is 7.11 Å². The number of fused-ring (bicyclic) bond motifs is 1. The monoisotopic (exact) mass is 352 g/mol. The highest BCUT2D eigenvalue weighted by atomic mass is 16.5. The summed E-state index contributed by atoms with van der Waals surface area (Å²) in [6.45, 7) is 4.38. The maximum Gasteiger partial charge on any atom is 0.137 e. The van der Waals surface area contributed by atoms with Crippen molar-refractivity contribution in [3.05, 3.63) is 47.8 Å². The van der Waals surface area contributed by atoms with Gasteiger partial charge in [0.2, 0.25) is 0 Å². The van der Waals surface area contributed by atoms with Crippen LogP contribution in [0, 0.1) is 6.92 Å². The largest absolute Gasteiger partial charge is 0.497 e. The first-order valence-corrected chi connectivity index (χ1v) is 9.04. The Morgan fingerprint density at radius 3 is 2.69 bits per heavy atom. The molecule has 2 aromatic heterocycles. The Morgan fingerprint density at radius 1 is 1.19 bits per heavy atom. The van der Waals surface area contributed by atoms with Crippen molar-refractivity contribution in [2.24, 2.45) is 0 Å². The zero-order chi connectivity index (χ0) is 17.9. The molecule has 4 rings (SSSR count). The Labute approximate surface area is 153 Å². The van der Waals surface area contributed by atoms with Crippen molar-refractivity contribution in [2.75, 3.05) is 25.6 Å². The minimum Gasteiger partial charge on any atom is -0.497 e. The molecule has 1 saturated heterocycles. The van der Waals surface area contributed by atoms with Crippen LogP contribution in [0.4, 0.5) is 5.82 Å². The maximum atomic E-state index is 5.45. The minimum atomic E-state index is 0.409. The fourth-order valence-electron chi connectivity index (χ4n) is 3.48. The Kier molecular flexibility index (Phi) is 4.75. The summed E-state index contributed by atoms with van der Waals surface area (Å²) in [5.41, 5.74) is 3.28. The molecule has 0 radical (unpaired) electrons. The topological polar surface area (TPSA) is 61.2 Å². The fraction of sp³-hybridized carbons (Fsp3) is 0.400. The maximum absolute atomic E-state index is 5.45. The van der Waals surface area contributed by atoms with Crippen molar-refractivity contribution in [3.8, 4) is 5.75 Å². The SMILES string of the molecule is COc1ccc(Cn2nc(C)c3c(NC4CCOCC4)nccc32)cc1. The van der Waals surface area contributed by atoms with E-state index in [2.05, 4.69) is 22.4 Å². The van der Waals surface area contributed by atoms with Crippen molar-refractivity contribution in [3.63, 3.8) is 0 Å². The number of rotatable bonds is 5. The van der Waals surface area contributed by atoms with Gasteiger partial charge in [0.1, 0.15) is 11.6 Å². The van der Waals surface area contributed by atoms with Gasteiger partial charge in [0.15, 0.2) is 0 Å². The molecule has 1 aliphatic heterocycles. The fourth-order valence-corrected chi connectivity index (χ4v) is 3.48. The average molecular weight is 352 g/mol. The predicted molar refractivity (Wildman–Crippen MR) is 102 cm³/mol. The second-order valence-electron chi connectivity index (χ2n) is 6.68. The highest BCUT2D eigenvalue weighted by Crippen LogP contribution is 2.27. The molecule has 0 amide bonds. The number of nitrogens with one attached hydrogen (secondary N) is 1. The number of anilines is 1. The number of hydrogen-bond donors (Lipinski definition) is 1. The van der Waals surface area contributed by atoms with Gasteiger partial charge < -0.3 is 14.8 Å². The zero-order valence-corrected chi connectivity index (χ0v) is 15.2. The van der Waals surface area contributed by atoms with Crippen molar-refractivity contribution >= 4 is 16.7 Å². The third-order valence-corrected chi connectivity index (χ3v) is 4.89. The lowest BCUT2D eigenvalue weighted by atomic mass is 10.1. The molecule has 6 nitrogen and oxygen atoms in total. The van der Waals surface area contributed by atoms with Crippen molar-refractivity contribution in [1.29, 1.82) is 0 Å². The molecule has 1 N–H and O–H groups in total. The summed E-state index contributed by atoms with van der Waals surface area (Å²) < 4.78 is 12.7. The van der Waals surface area contributed by atoms with Gasteiger partial charge in [-0.05, 0) is 43.5 Å². The van der Waals surface area contributed by atoms with Crippen molar-refractivity contribution < 1.29 is 9.47 Å². The van der Waals surface area contributed by atoms with Crippen LogP contribution in [-0.4, -0.2) is 41.1 Å². The van der Waals surface area contributed by atoms with E-state index in [9.17, 15) is 0 Å². The van der Waals surface area contributed by atoms with Crippen LogP contribution < -0.4 is 10.1 Å². The van der Waals surface area contributed by atoms with Crippen LogP contribution in [0.1, 0.15) is 24.1 Å². The quantitative estimate of drug-likeness (QED) is 0.763. The zero-order valence-electron chi connectivity index (χ0n) is 15.2. The Balaban J connectivity index is 1.63. The van der Waals surface area contributed by atoms with Gasteiger partial charge in [-0.1, -0.05) is 12.1 Å². The van der Waals surface area contributed by atoms with Gasteiger partial charge in [0.25, 0.3) is 0 Å². The van der Waals surface area contributed by atoms with Crippen LogP contribution in [0.3, 0.4) is 0 Å². The molecule has 1 fully saturated rings. The van der Waals surface area contributed by atoms with Gasteiger partial charge in [-0.3, -0.25) is 4.68 Å². The molecule has 26 heavy (non-hydrogen) atoms. The molecule has 3 heterocycles. The summed E-state index contributed by atoms with van der Waals surface area (Å²) in [5.74, 6) is 1.79. The first-order valence-electron chi connectivity index (χ1n) is 9.04. The summed E-state index contributed by atoms with van der Waals surface area (Å²) in [6, 6.07) is 10.6. The smallest absolute Gasteiger partial charge is 0.137 e. The van der Waals surface area contributed by atoms with E-state index in [0.29, 0.717) is 6.04 Å². The van der Waals surface area contributed by atoms with E-state index in [0.717, 1.165) is 60.8 Å². The third kappa shape index (κ3) is 3.37. The predicted octanol–water partition coefficient (Wildman–Crippen LogP) is 3.39. The minimum absolute atomic E-state index is 0.409. The van der Waals surface area contributed by atoms with Crippen molar-refractivity contribution in [2.45, 2.75) is 32.4 Å². The van der Waals surface area contributed by atoms with Gasteiger partial charge in [-0.2, -0.15) is 5.10 Å². The molecule has 0 saturated carbocycles. The molecule has 6 heteroatoms. The number of pyridine rings is 1. The van der Waals surface area contributed by atoms with E-state index in [4.69, 9.17) is 14.6 Å². The summed E-state index contributed by atoms with van der Waals surface area (Å²) in [6.07, 6.45) is 3.88. The molecule has 1 aliphatic rings. The second-order valence-corrected chi connectivity index (χ2v) is 6.68. The Morgan fingerprint density at radius 2 is 1.96 bits per heavy atom. The summed E-state index contributed by atoms with van der Waals surface area (Å²) in [5, 5.41) is 9.46. The van der Waals surface area contributed by atoms with E-state index in [-0.39, 0.29) is 0 Å². The Bertz CT molecular complexity index is 883. The molecule has 1 aromatic carbocycles. The number of ether oxygens (including phenoxy) is 2. The lowest BCUT2D eigenvalue weighted by Gasteiger charge is -2.23. The van der Waals surface area contributed by atoms with Gasteiger partial charge in [0.05, 0.1) is 30.3 Å². The molecule has 136 valence electrons. The molecular weight excluding hydrogens is 328 g/mol. The number of aryl methyl sites for hydroxylation is 1. The standard InChI is InChI=1S/C20H24N4O2/c1-14-19-18(7-10-21-20(19)22-16-8-11-26-12-9-16)24(23-14)13-15-3-5-17(25-2)6-4-15/h3-7,10,16H,8-9,11-13H2,1-2H3,(H,21,22). The van der Waals surface area contributed by atoms with Gasteiger partial charge >= 0.3 is 0 Å². The number of methoxy groups -OCH3 is 1. The summed E-state index contributed by atoms with van der Waals surface area (Å²) in [4.78, 5) is 4.58. The molecule has 0 unspecified atom stereocenters. The van der Waals surface area contributed by atoms with Crippen LogP contribution in [0.15, 0.2) is 36.5 Å². The number of nitrogens with zero attached hydrogens (tertiary/aromatic N) is 3. The van der Waals surface area contributed by atoms with Crippen LogP contribution in [-0.2, 0) is 11.3 Å². The molecule has 3 aromatic rings. The normalized spacial score (nSPS) is 15.3. The average Bonchev–Trinajstić information content (AvgIpc) is 3.00. The highest BCUT2D eigenvalue weighted by molar-refractivity contribution is 5.91. The highest BCUT2D eigenvalue weighted by Gasteiger charge is 2.18. The van der Waals surface area contributed by atoms with E-state index < -0.39 is 0 Å². The van der Waals surface area contributed by atoms with Gasteiger partial charge in [-0.15, -0.1) is 0 Å². The Hall–Kier alpha value is -2.60. The van der Waals surface area contributed by atoms with E-state index >= 15 is 0 Å². The third-order valence-electron chi connectivity index (χ3n) is 4.89. The lowest BCUT2D eigenvalue weighted by molar-refractivity contribution is 0.0904. The summed E-state index contributed by atoms with van der Waals surface area (Å²) >= 11 is 0. The molecule has 0 aliphatic carbocycles. The second kappa shape index (κ2) is 7.33. The van der Waals surface area contributed by atoms with Crippen LogP contribution >= 0.6 is 0 Å². The molecule has 0 bridgehead atoms. The van der Waals surface area contributed by atoms with Crippen LogP contribution in [0.5, 0.6) is 5.75 Å². The van der Waals surface area contributed by atoms with Crippen LogP contribution in [0.25, 0.3) is 10.9 Å². The number of hydrogen-bond acceptors (Lipinski definition) is 5. The van der Waals surface area contributed by atoms with Gasteiger partial charge in [-0.25, -0.2) is 4.98 Å². The number of benzene rings is 1. The summed E-state index contributed by atoms with van der Waals surface area (Å²) in [7, 11) is 1.68. The lowest BCUT2D eigenvalue weighted by Crippen LogP contribution is -2.28. The van der Waals surface area contributed by atoms with Crippen molar-refractivity contribution in [1.82, 2.24) is 14.8 Å². The molecule has 0 spiro atoms. The molecular formula is C20H24N4O2. The van der Waals surface area contributed by atoms with E-state index in [1.165, 1.54) is 5.56 Å². The van der Waals surface area contributed by atoms with Crippen LogP contribution in [0.2, 0.25) is 0 Å². The first-order chi connectivity index (χ1) is 12.7. The number of aromatic nitrogens is 3. The molecule has 0 atom stereocenters.